The summed E-state index contributed by atoms with van der Waals surface area (Å²) in [6.07, 6.45) is 2.94. The number of amides is 1. The van der Waals surface area contributed by atoms with E-state index < -0.39 is 11.8 Å². The largest absolute Gasteiger partial charge is 0.347 e. The number of aryl methyl sites for hydroxylation is 2. The lowest BCUT2D eigenvalue weighted by molar-refractivity contribution is -0.129. The molecular weight excluding hydrogens is 338 g/mol. The molecule has 3 aromatic rings. The van der Waals surface area contributed by atoms with Crippen LogP contribution in [0.2, 0.25) is 0 Å². The van der Waals surface area contributed by atoms with Crippen molar-refractivity contribution in [2.45, 2.75) is 26.3 Å². The molecule has 0 radical (unpaired) electrons. The topological polar surface area (TPSA) is 74.9 Å². The molecule has 27 heavy (non-hydrogen) atoms. The van der Waals surface area contributed by atoms with Gasteiger partial charge in [-0.3, -0.25) is 9.59 Å². The maximum Gasteiger partial charge on any atom is 0.249 e. The highest BCUT2D eigenvalue weighted by Gasteiger charge is 2.26. The van der Waals surface area contributed by atoms with Crippen LogP contribution in [0.15, 0.2) is 60.8 Å². The van der Waals surface area contributed by atoms with Crippen LogP contribution in [0.4, 0.5) is 5.69 Å². The van der Waals surface area contributed by atoms with Crippen LogP contribution in [0.5, 0.6) is 0 Å². The van der Waals surface area contributed by atoms with Crippen molar-refractivity contribution in [3.63, 3.8) is 0 Å². The van der Waals surface area contributed by atoms with E-state index in [0.29, 0.717) is 12.2 Å². The molecule has 1 N–H and O–H groups in total. The predicted octanol–water partition coefficient (Wildman–Crippen LogP) is 3.94. The van der Waals surface area contributed by atoms with Gasteiger partial charge in [-0.05, 0) is 41.6 Å². The molecule has 1 atom stereocenters. The van der Waals surface area contributed by atoms with Gasteiger partial charge in [-0.2, -0.15) is 5.26 Å². The van der Waals surface area contributed by atoms with Gasteiger partial charge in [0.15, 0.2) is 11.7 Å². The minimum absolute atomic E-state index is 0.124. The van der Waals surface area contributed by atoms with E-state index >= 15 is 0 Å². The first-order valence-corrected chi connectivity index (χ1v) is 8.98. The van der Waals surface area contributed by atoms with Crippen molar-refractivity contribution < 1.29 is 9.59 Å². The molecule has 1 aromatic heterocycles. The van der Waals surface area contributed by atoms with Crippen LogP contribution in [-0.2, 0) is 22.6 Å². The zero-order valence-electron chi connectivity index (χ0n) is 15.2. The van der Waals surface area contributed by atoms with E-state index in [1.54, 1.807) is 12.1 Å². The molecule has 2 aromatic carbocycles. The molecule has 1 amide bonds. The number of nitrogens with zero attached hydrogens (tertiary/aromatic N) is 2. The van der Waals surface area contributed by atoms with Crippen molar-refractivity contribution in [3.05, 3.63) is 66.4 Å². The lowest BCUT2D eigenvalue weighted by Gasteiger charge is -2.11. The number of rotatable bonds is 7. The van der Waals surface area contributed by atoms with Crippen molar-refractivity contribution in [3.8, 4) is 6.07 Å². The van der Waals surface area contributed by atoms with Crippen LogP contribution in [0.1, 0.15) is 18.9 Å². The standard InChI is InChI=1S/C22H21N3O2/c1-2-16-7-9-18(10-8-16)24-22(27)19(15-23)21(26)12-14-25-13-11-17-5-3-4-6-20(17)25/h3-11,13,19H,2,12,14H2,1H3,(H,24,27). The fraction of sp³-hybridized carbons (Fsp3) is 0.227. The third kappa shape index (κ3) is 4.24. The molecule has 0 spiro atoms. The number of ketones is 1. The van der Waals surface area contributed by atoms with Gasteiger partial charge in [0, 0.05) is 30.4 Å². The molecule has 0 saturated heterocycles. The van der Waals surface area contributed by atoms with Crippen molar-refractivity contribution in [2.75, 3.05) is 5.32 Å². The highest BCUT2D eigenvalue weighted by Crippen LogP contribution is 2.17. The van der Waals surface area contributed by atoms with Gasteiger partial charge in [0.25, 0.3) is 0 Å². The molecule has 0 bridgehead atoms. The molecule has 0 aliphatic carbocycles. The van der Waals surface area contributed by atoms with Gasteiger partial charge in [0.1, 0.15) is 0 Å². The van der Waals surface area contributed by atoms with Gasteiger partial charge in [0.2, 0.25) is 5.91 Å². The third-order valence-corrected chi connectivity index (χ3v) is 4.62. The second-order valence-electron chi connectivity index (χ2n) is 6.39. The summed E-state index contributed by atoms with van der Waals surface area (Å²) in [6, 6.07) is 19.1. The number of nitriles is 1. The number of carbonyl (C=O) groups excluding carboxylic acids is 2. The maximum atomic E-state index is 12.4. The number of para-hydroxylation sites is 1. The molecule has 1 unspecified atom stereocenters. The second kappa shape index (κ2) is 8.33. The Labute approximate surface area is 158 Å². The maximum absolute atomic E-state index is 12.4. The molecule has 0 saturated carbocycles. The van der Waals surface area contributed by atoms with E-state index in [1.807, 2.05) is 66.2 Å². The molecule has 0 aliphatic rings. The summed E-state index contributed by atoms with van der Waals surface area (Å²) in [4.78, 5) is 24.8. The molecule has 1 heterocycles. The Morgan fingerprint density at radius 1 is 1.11 bits per heavy atom. The number of hydrogen-bond donors (Lipinski definition) is 1. The lowest BCUT2D eigenvalue weighted by atomic mass is 10.0. The van der Waals surface area contributed by atoms with E-state index in [0.717, 1.165) is 22.9 Å². The summed E-state index contributed by atoms with van der Waals surface area (Å²) in [5.41, 5.74) is 2.76. The van der Waals surface area contributed by atoms with Crippen LogP contribution in [0, 0.1) is 17.2 Å². The van der Waals surface area contributed by atoms with Gasteiger partial charge in [-0.25, -0.2) is 0 Å². The zero-order valence-corrected chi connectivity index (χ0v) is 15.2. The highest BCUT2D eigenvalue weighted by molar-refractivity contribution is 6.09. The Morgan fingerprint density at radius 3 is 2.56 bits per heavy atom. The molecule has 0 fully saturated rings. The molecule has 5 nitrogen and oxygen atoms in total. The van der Waals surface area contributed by atoms with Gasteiger partial charge in [-0.1, -0.05) is 37.3 Å². The van der Waals surface area contributed by atoms with E-state index in [4.69, 9.17) is 0 Å². The Kier molecular flexibility index (Phi) is 5.68. The summed E-state index contributed by atoms with van der Waals surface area (Å²) < 4.78 is 1.96. The van der Waals surface area contributed by atoms with Crippen LogP contribution < -0.4 is 5.32 Å². The Hall–Kier alpha value is -3.39. The SMILES string of the molecule is CCc1ccc(NC(=O)C(C#N)C(=O)CCn2ccc3ccccc32)cc1. The first-order valence-electron chi connectivity index (χ1n) is 8.98. The number of fused-ring (bicyclic) bond motifs is 1. The van der Waals surface area contributed by atoms with E-state index in [2.05, 4.69) is 5.32 Å². The predicted molar refractivity (Wildman–Crippen MR) is 105 cm³/mol. The number of Topliss-reactive ketones (excluding diaryl/α,β-unsaturated/α-hetero) is 1. The number of hydrogen-bond acceptors (Lipinski definition) is 3. The molecule has 0 aliphatic heterocycles. The van der Waals surface area contributed by atoms with E-state index in [9.17, 15) is 14.9 Å². The zero-order chi connectivity index (χ0) is 19.2. The Bertz CT molecular complexity index is 996. The monoisotopic (exact) mass is 359 g/mol. The Balaban J connectivity index is 1.62. The van der Waals surface area contributed by atoms with Crippen LogP contribution in [0.3, 0.4) is 0 Å². The number of nitrogens with one attached hydrogen (secondary N) is 1. The summed E-state index contributed by atoms with van der Waals surface area (Å²) in [6.45, 7) is 2.48. The normalized spacial score (nSPS) is 11.7. The van der Waals surface area contributed by atoms with Gasteiger partial charge < -0.3 is 9.88 Å². The molecule has 5 heteroatoms. The summed E-state index contributed by atoms with van der Waals surface area (Å²) in [5, 5.41) is 13.1. The van der Waals surface area contributed by atoms with E-state index in [-0.39, 0.29) is 12.2 Å². The summed E-state index contributed by atoms with van der Waals surface area (Å²) in [5.74, 6) is -2.26. The van der Waals surface area contributed by atoms with Gasteiger partial charge >= 0.3 is 0 Å². The minimum atomic E-state index is -1.31. The second-order valence-corrected chi connectivity index (χ2v) is 6.39. The number of aromatic nitrogens is 1. The minimum Gasteiger partial charge on any atom is -0.347 e. The lowest BCUT2D eigenvalue weighted by Crippen LogP contribution is -2.29. The van der Waals surface area contributed by atoms with Gasteiger partial charge in [-0.15, -0.1) is 0 Å². The van der Waals surface area contributed by atoms with Crippen LogP contribution >= 0.6 is 0 Å². The first kappa shape index (κ1) is 18.4. The molecular formula is C22H21N3O2. The summed E-state index contributed by atoms with van der Waals surface area (Å²) in [7, 11) is 0. The van der Waals surface area contributed by atoms with Crippen molar-refractivity contribution >= 4 is 28.3 Å². The fourth-order valence-electron chi connectivity index (χ4n) is 3.03. The smallest absolute Gasteiger partial charge is 0.249 e. The van der Waals surface area contributed by atoms with E-state index in [1.165, 1.54) is 0 Å². The summed E-state index contributed by atoms with van der Waals surface area (Å²) >= 11 is 0. The third-order valence-electron chi connectivity index (χ3n) is 4.62. The molecule has 3 rings (SSSR count). The fourth-order valence-corrected chi connectivity index (χ4v) is 3.03. The van der Waals surface area contributed by atoms with Crippen molar-refractivity contribution in [2.24, 2.45) is 5.92 Å². The molecule has 136 valence electrons. The van der Waals surface area contributed by atoms with Crippen LogP contribution in [-0.4, -0.2) is 16.3 Å². The van der Waals surface area contributed by atoms with Crippen molar-refractivity contribution in [1.82, 2.24) is 4.57 Å². The Morgan fingerprint density at radius 2 is 1.85 bits per heavy atom. The van der Waals surface area contributed by atoms with Crippen molar-refractivity contribution in [1.29, 1.82) is 5.26 Å². The quantitative estimate of drug-likeness (QED) is 0.649. The average molecular weight is 359 g/mol. The van der Waals surface area contributed by atoms with Gasteiger partial charge in [0.05, 0.1) is 6.07 Å². The number of benzene rings is 2. The van der Waals surface area contributed by atoms with Crippen LogP contribution in [0.25, 0.3) is 10.9 Å². The number of carbonyl (C=O) groups is 2. The highest BCUT2D eigenvalue weighted by atomic mass is 16.2. The number of anilines is 1. The first-order chi connectivity index (χ1) is 13.1. The average Bonchev–Trinajstić information content (AvgIpc) is 3.10.